The summed E-state index contributed by atoms with van der Waals surface area (Å²) in [5, 5.41) is 15.9. The highest BCUT2D eigenvalue weighted by Gasteiger charge is 2.34. The van der Waals surface area contributed by atoms with E-state index in [4.69, 9.17) is 0 Å². The van der Waals surface area contributed by atoms with Gasteiger partial charge in [0.05, 0.1) is 24.0 Å². The van der Waals surface area contributed by atoms with Crippen LogP contribution in [-0.2, 0) is 16.1 Å². The number of hydrogen-bond donors (Lipinski definition) is 2. The van der Waals surface area contributed by atoms with E-state index in [-0.39, 0.29) is 29.7 Å². The monoisotopic (exact) mass is 569 g/mol. The van der Waals surface area contributed by atoms with Crippen LogP contribution >= 0.6 is 11.3 Å². The van der Waals surface area contributed by atoms with E-state index in [0.717, 1.165) is 11.1 Å². The van der Waals surface area contributed by atoms with E-state index in [2.05, 4.69) is 10.3 Å². The molecule has 9 nitrogen and oxygen atoms in total. The quantitative estimate of drug-likeness (QED) is 0.272. The highest BCUT2D eigenvalue weighted by Crippen LogP contribution is 2.31. The minimum absolute atomic E-state index is 0.0337. The molecule has 214 valence electrons. The van der Waals surface area contributed by atoms with Crippen molar-refractivity contribution >= 4 is 33.4 Å². The molecule has 0 atom stereocenters. The number of aliphatic hydroxyl groups is 1. The fraction of sp³-hybridized carbons (Fsp3) is 0.448. The average molecular weight is 570 g/mol. The lowest BCUT2D eigenvalue weighted by molar-refractivity contribution is -0.136. The van der Waals surface area contributed by atoms with Gasteiger partial charge in [-0.05, 0) is 57.5 Å². The number of hydrogen-bond acceptors (Lipinski definition) is 7. The zero-order valence-corrected chi connectivity index (χ0v) is 23.8. The number of piperidine rings is 1. The molecule has 0 bridgehead atoms. The fourth-order valence-corrected chi connectivity index (χ4v) is 5.71. The molecule has 0 spiro atoms. The van der Waals surface area contributed by atoms with Gasteiger partial charge in [0.15, 0.2) is 0 Å². The van der Waals surface area contributed by atoms with Crippen molar-refractivity contribution in [1.82, 2.24) is 24.7 Å². The van der Waals surface area contributed by atoms with Gasteiger partial charge in [0.25, 0.3) is 5.56 Å². The molecule has 1 aliphatic heterocycles. The van der Waals surface area contributed by atoms with Crippen LogP contribution < -0.4 is 10.9 Å². The van der Waals surface area contributed by atoms with Gasteiger partial charge in [-0.2, -0.15) is 0 Å². The lowest BCUT2D eigenvalue weighted by atomic mass is 9.91. The Labute approximate surface area is 236 Å². The SMILES string of the molecule is CN(C)C/C=C/C(=O)NCCCCC(=O)N1CCC(O)(Cn2cnc3c(-c4ccc(F)cc4)csc3c2=O)CC1. The van der Waals surface area contributed by atoms with E-state index in [1.165, 1.54) is 40.4 Å². The molecule has 2 amide bonds. The number of carbonyl (C=O) groups excluding carboxylic acids is 2. The number of rotatable bonds is 11. The third kappa shape index (κ3) is 7.61. The first-order valence-electron chi connectivity index (χ1n) is 13.5. The Kier molecular flexibility index (Phi) is 9.83. The molecular formula is C29H36FN5O4S. The van der Waals surface area contributed by atoms with Crippen molar-refractivity contribution in [2.24, 2.45) is 0 Å². The molecule has 2 N–H and O–H groups in total. The molecule has 1 aromatic carbocycles. The zero-order valence-electron chi connectivity index (χ0n) is 22.9. The standard InChI is InChI=1S/C29H36FN5O4S/c1-33(2)15-5-6-24(36)31-14-4-3-7-25(37)34-16-12-29(39,13-17-34)19-35-20-32-26-23(18-40-27(26)28(35)38)21-8-10-22(30)11-9-21/h5-6,8-11,18,20,39H,3-4,7,12-17,19H2,1-2H3,(H,31,36)/b6-5+. The smallest absolute Gasteiger partial charge is 0.271 e. The first-order valence-corrected chi connectivity index (χ1v) is 14.3. The molecule has 3 aromatic rings. The lowest BCUT2D eigenvalue weighted by Crippen LogP contribution is -2.49. The second kappa shape index (κ2) is 13.3. The summed E-state index contributed by atoms with van der Waals surface area (Å²) in [5.74, 6) is -0.430. The summed E-state index contributed by atoms with van der Waals surface area (Å²) >= 11 is 1.28. The molecule has 1 fully saturated rings. The normalized spacial score (nSPS) is 15.3. The van der Waals surface area contributed by atoms with Gasteiger partial charge in [-0.15, -0.1) is 11.3 Å². The fourth-order valence-electron chi connectivity index (χ4n) is 4.74. The molecule has 1 aliphatic rings. The lowest BCUT2D eigenvalue weighted by Gasteiger charge is -2.38. The Morgan fingerprint density at radius 3 is 2.62 bits per heavy atom. The van der Waals surface area contributed by atoms with Crippen LogP contribution in [0.5, 0.6) is 0 Å². The van der Waals surface area contributed by atoms with Gasteiger partial charge < -0.3 is 20.2 Å². The number of unbranched alkanes of at least 4 members (excludes halogenated alkanes) is 1. The number of aromatic nitrogens is 2. The summed E-state index contributed by atoms with van der Waals surface area (Å²) in [4.78, 5) is 45.8. The summed E-state index contributed by atoms with van der Waals surface area (Å²) in [6, 6.07) is 6.07. The predicted molar refractivity (Wildman–Crippen MR) is 155 cm³/mol. The van der Waals surface area contributed by atoms with Gasteiger partial charge in [-0.1, -0.05) is 18.2 Å². The maximum Gasteiger partial charge on any atom is 0.271 e. The summed E-state index contributed by atoms with van der Waals surface area (Å²) < 4.78 is 15.2. The number of nitrogens with zero attached hydrogens (tertiary/aromatic N) is 4. The molecule has 0 unspecified atom stereocenters. The van der Waals surface area contributed by atoms with Crippen molar-refractivity contribution < 1.29 is 19.1 Å². The third-order valence-corrected chi connectivity index (χ3v) is 8.03. The first-order chi connectivity index (χ1) is 19.1. The van der Waals surface area contributed by atoms with Crippen LogP contribution in [0.4, 0.5) is 4.39 Å². The minimum atomic E-state index is -1.11. The van der Waals surface area contributed by atoms with Gasteiger partial charge in [-0.25, -0.2) is 9.37 Å². The molecule has 11 heteroatoms. The average Bonchev–Trinajstić information content (AvgIpc) is 3.35. The van der Waals surface area contributed by atoms with E-state index in [1.54, 1.807) is 23.1 Å². The molecule has 40 heavy (non-hydrogen) atoms. The van der Waals surface area contributed by atoms with Crippen molar-refractivity contribution in [2.45, 2.75) is 44.2 Å². The van der Waals surface area contributed by atoms with Crippen molar-refractivity contribution in [2.75, 3.05) is 40.3 Å². The second-order valence-electron chi connectivity index (χ2n) is 10.5. The Hall–Kier alpha value is -3.41. The molecule has 2 aromatic heterocycles. The maximum absolute atomic E-state index is 13.3. The molecule has 0 saturated carbocycles. The second-order valence-corrected chi connectivity index (χ2v) is 11.4. The molecule has 0 aliphatic carbocycles. The van der Waals surface area contributed by atoms with Crippen LogP contribution in [0.2, 0.25) is 0 Å². The largest absolute Gasteiger partial charge is 0.388 e. The topological polar surface area (TPSA) is 108 Å². The zero-order chi connectivity index (χ0) is 28.7. The van der Waals surface area contributed by atoms with Crippen LogP contribution in [-0.4, -0.2) is 82.1 Å². The Bertz CT molecular complexity index is 1410. The van der Waals surface area contributed by atoms with E-state index in [1.807, 2.05) is 24.4 Å². The number of benzene rings is 1. The summed E-state index contributed by atoms with van der Waals surface area (Å²) in [6.45, 7) is 2.15. The Morgan fingerprint density at radius 2 is 1.93 bits per heavy atom. The van der Waals surface area contributed by atoms with E-state index in [9.17, 15) is 23.9 Å². The van der Waals surface area contributed by atoms with Crippen LogP contribution in [0, 0.1) is 5.82 Å². The van der Waals surface area contributed by atoms with Crippen molar-refractivity contribution in [3.8, 4) is 11.1 Å². The van der Waals surface area contributed by atoms with E-state index >= 15 is 0 Å². The highest BCUT2D eigenvalue weighted by molar-refractivity contribution is 7.17. The van der Waals surface area contributed by atoms with Gasteiger partial charge in [0.1, 0.15) is 10.5 Å². The Balaban J connectivity index is 1.25. The number of likely N-dealkylation sites (tertiary alicyclic amines) is 1. The number of amides is 2. The van der Waals surface area contributed by atoms with Crippen molar-refractivity contribution in [3.63, 3.8) is 0 Å². The summed E-state index contributed by atoms with van der Waals surface area (Å²) in [5.41, 5.74) is 0.776. The minimum Gasteiger partial charge on any atom is -0.388 e. The summed E-state index contributed by atoms with van der Waals surface area (Å²) in [6.07, 6.45) is 7.28. The number of likely N-dealkylation sites (N-methyl/N-ethyl adjacent to an activating group) is 1. The van der Waals surface area contributed by atoms with E-state index < -0.39 is 5.60 Å². The van der Waals surface area contributed by atoms with Gasteiger partial charge in [0, 0.05) is 49.6 Å². The number of thiophene rings is 1. The molecular weight excluding hydrogens is 533 g/mol. The number of carbonyl (C=O) groups is 2. The molecule has 4 rings (SSSR count). The Morgan fingerprint density at radius 1 is 1.20 bits per heavy atom. The molecule has 1 saturated heterocycles. The van der Waals surface area contributed by atoms with Crippen molar-refractivity contribution in [1.29, 1.82) is 0 Å². The van der Waals surface area contributed by atoms with Gasteiger partial charge in [-0.3, -0.25) is 19.0 Å². The van der Waals surface area contributed by atoms with Crippen LogP contribution in [0.1, 0.15) is 32.1 Å². The van der Waals surface area contributed by atoms with E-state index in [0.29, 0.717) is 68.5 Å². The summed E-state index contributed by atoms with van der Waals surface area (Å²) in [7, 11) is 3.86. The molecule has 0 radical (unpaired) electrons. The number of halogens is 1. The van der Waals surface area contributed by atoms with Gasteiger partial charge in [0.2, 0.25) is 11.8 Å². The number of fused-ring (bicyclic) bond motifs is 1. The predicted octanol–water partition coefficient (Wildman–Crippen LogP) is 3.02. The van der Waals surface area contributed by atoms with Crippen molar-refractivity contribution in [3.05, 3.63) is 64.3 Å². The maximum atomic E-state index is 13.3. The molecule has 3 heterocycles. The first kappa shape index (κ1) is 29.6. The van der Waals surface area contributed by atoms with Crippen LogP contribution in [0.15, 0.2) is 52.9 Å². The highest BCUT2D eigenvalue weighted by atomic mass is 32.1. The third-order valence-electron chi connectivity index (χ3n) is 7.07. The number of nitrogens with one attached hydrogen (secondary N) is 1. The van der Waals surface area contributed by atoms with Gasteiger partial charge >= 0.3 is 0 Å². The van der Waals surface area contributed by atoms with Crippen LogP contribution in [0.3, 0.4) is 0 Å². The van der Waals surface area contributed by atoms with Crippen LogP contribution in [0.25, 0.3) is 21.3 Å².